The van der Waals surface area contributed by atoms with Crippen LogP contribution in [-0.2, 0) is 0 Å². The number of hydrogen-bond donors (Lipinski definition) is 1. The van der Waals surface area contributed by atoms with Gasteiger partial charge in [-0.1, -0.05) is 37.3 Å². The minimum Gasteiger partial charge on any atom is -0.388 e. The van der Waals surface area contributed by atoms with E-state index in [0.717, 1.165) is 5.57 Å². The van der Waals surface area contributed by atoms with Gasteiger partial charge in [-0.3, -0.25) is 0 Å². The fourth-order valence-corrected chi connectivity index (χ4v) is 1.04. The van der Waals surface area contributed by atoms with Gasteiger partial charge < -0.3 is 5.11 Å². The number of hydrogen-bond acceptors (Lipinski definition) is 1. The first-order chi connectivity index (χ1) is 6.13. The van der Waals surface area contributed by atoms with Gasteiger partial charge in [-0.15, -0.1) is 0 Å². The van der Waals surface area contributed by atoms with Gasteiger partial charge >= 0.3 is 0 Å². The Morgan fingerprint density at radius 1 is 1.23 bits per heavy atom. The molecule has 0 aromatic carbocycles. The van der Waals surface area contributed by atoms with E-state index in [2.05, 4.69) is 0 Å². The van der Waals surface area contributed by atoms with Gasteiger partial charge in [0.1, 0.15) is 0 Å². The van der Waals surface area contributed by atoms with Crippen molar-refractivity contribution in [3.8, 4) is 0 Å². The van der Waals surface area contributed by atoms with Crippen LogP contribution in [0.25, 0.3) is 0 Å². The lowest BCUT2D eigenvalue weighted by atomic mass is 9.98. The molecule has 0 rings (SSSR count). The maximum Gasteiger partial charge on any atom is 0.0807 e. The van der Waals surface area contributed by atoms with Crippen LogP contribution in [-0.4, -0.2) is 11.2 Å². The van der Waals surface area contributed by atoms with E-state index in [1.807, 2.05) is 58.1 Å². The molecule has 13 heavy (non-hydrogen) atoms. The van der Waals surface area contributed by atoms with Crippen molar-refractivity contribution in [2.24, 2.45) is 5.92 Å². The van der Waals surface area contributed by atoms with Crippen molar-refractivity contribution in [2.75, 3.05) is 0 Å². The highest BCUT2D eigenvalue weighted by Crippen LogP contribution is 2.13. The Kier molecular flexibility index (Phi) is 6.25. The predicted molar refractivity (Wildman–Crippen MR) is 58.6 cm³/mol. The molecule has 0 unspecified atom stereocenters. The first-order valence-electron chi connectivity index (χ1n) is 4.73. The minimum absolute atomic E-state index is 0.174. The molecule has 1 N–H and O–H groups in total. The molecule has 1 nitrogen and oxygen atoms in total. The maximum absolute atomic E-state index is 9.74. The third kappa shape index (κ3) is 4.69. The van der Waals surface area contributed by atoms with Gasteiger partial charge in [-0.2, -0.15) is 0 Å². The summed E-state index contributed by atoms with van der Waals surface area (Å²) in [5.41, 5.74) is 1.03. The van der Waals surface area contributed by atoms with E-state index in [0.29, 0.717) is 0 Å². The summed E-state index contributed by atoms with van der Waals surface area (Å²) in [6, 6.07) is 0. The molecule has 0 aliphatic carbocycles. The highest BCUT2D eigenvalue weighted by Gasteiger charge is 2.11. The van der Waals surface area contributed by atoms with Crippen LogP contribution >= 0.6 is 0 Å². The molecule has 74 valence electrons. The van der Waals surface area contributed by atoms with Gasteiger partial charge in [0.05, 0.1) is 6.10 Å². The molecular formula is C12H20O. The summed E-state index contributed by atoms with van der Waals surface area (Å²) in [7, 11) is 0. The van der Waals surface area contributed by atoms with E-state index in [9.17, 15) is 5.11 Å². The Balaban J connectivity index is 4.18. The Bertz CT molecular complexity index is 211. The molecule has 0 aromatic heterocycles. The zero-order chi connectivity index (χ0) is 10.3. The van der Waals surface area contributed by atoms with Crippen molar-refractivity contribution in [3.05, 3.63) is 36.0 Å². The summed E-state index contributed by atoms with van der Waals surface area (Å²) in [5.74, 6) is 0.174. The maximum atomic E-state index is 9.74. The largest absolute Gasteiger partial charge is 0.388 e. The van der Waals surface area contributed by atoms with Crippen molar-refractivity contribution < 1.29 is 5.11 Å². The van der Waals surface area contributed by atoms with Gasteiger partial charge in [0.15, 0.2) is 0 Å². The number of allylic oxidation sites excluding steroid dienone is 4. The van der Waals surface area contributed by atoms with Gasteiger partial charge in [-0.05, 0) is 26.3 Å². The Labute approximate surface area is 81.5 Å². The third-order valence-electron chi connectivity index (χ3n) is 2.14. The topological polar surface area (TPSA) is 20.2 Å². The summed E-state index contributed by atoms with van der Waals surface area (Å²) in [4.78, 5) is 0. The van der Waals surface area contributed by atoms with Gasteiger partial charge in [0.25, 0.3) is 0 Å². The van der Waals surface area contributed by atoms with Gasteiger partial charge in [0.2, 0.25) is 0 Å². The first-order valence-corrected chi connectivity index (χ1v) is 4.73. The lowest BCUT2D eigenvalue weighted by Gasteiger charge is -2.15. The second kappa shape index (κ2) is 6.67. The zero-order valence-corrected chi connectivity index (χ0v) is 8.99. The van der Waals surface area contributed by atoms with Crippen LogP contribution in [0.1, 0.15) is 27.7 Å². The lowest BCUT2D eigenvalue weighted by Crippen LogP contribution is -2.16. The highest BCUT2D eigenvalue weighted by molar-refractivity contribution is 5.11. The van der Waals surface area contributed by atoms with Crippen molar-refractivity contribution in [3.63, 3.8) is 0 Å². The van der Waals surface area contributed by atoms with Gasteiger partial charge in [0, 0.05) is 5.92 Å². The SMILES string of the molecule is C/C=C/C=C/[C@@H](C)[C@@H](O)/C(C)=C/C. The van der Waals surface area contributed by atoms with Crippen LogP contribution in [0.2, 0.25) is 0 Å². The van der Waals surface area contributed by atoms with Crippen LogP contribution in [0.5, 0.6) is 0 Å². The summed E-state index contributed by atoms with van der Waals surface area (Å²) in [6.07, 6.45) is 9.51. The number of aliphatic hydroxyl groups is 1. The molecule has 0 aliphatic heterocycles. The van der Waals surface area contributed by atoms with E-state index in [4.69, 9.17) is 0 Å². The Hall–Kier alpha value is -0.820. The summed E-state index contributed by atoms with van der Waals surface area (Å²) in [6.45, 7) is 7.88. The molecule has 0 fully saturated rings. The highest BCUT2D eigenvalue weighted by atomic mass is 16.3. The average Bonchev–Trinajstić information content (AvgIpc) is 2.15. The van der Waals surface area contributed by atoms with E-state index < -0.39 is 0 Å². The second-order valence-electron chi connectivity index (χ2n) is 3.25. The third-order valence-corrected chi connectivity index (χ3v) is 2.14. The standard InChI is InChI=1S/C12H20O/c1-5-7-8-9-11(4)12(13)10(3)6-2/h5-9,11-13H,1-4H3/b7-5+,9-8+,10-6+/t11-,12+/m1/s1. The van der Waals surface area contributed by atoms with Crippen molar-refractivity contribution in [2.45, 2.75) is 33.8 Å². The Morgan fingerprint density at radius 3 is 2.31 bits per heavy atom. The first kappa shape index (κ1) is 12.2. The molecule has 0 spiro atoms. The van der Waals surface area contributed by atoms with E-state index >= 15 is 0 Å². The van der Waals surface area contributed by atoms with Crippen molar-refractivity contribution in [1.29, 1.82) is 0 Å². The van der Waals surface area contributed by atoms with Crippen LogP contribution in [0.15, 0.2) is 36.0 Å². The smallest absolute Gasteiger partial charge is 0.0807 e. The van der Waals surface area contributed by atoms with Crippen LogP contribution < -0.4 is 0 Å². The monoisotopic (exact) mass is 180 g/mol. The normalized spacial score (nSPS) is 18.4. The molecule has 1 heteroatoms. The van der Waals surface area contributed by atoms with Crippen LogP contribution in [0.3, 0.4) is 0 Å². The van der Waals surface area contributed by atoms with Crippen molar-refractivity contribution in [1.82, 2.24) is 0 Å². The fourth-order valence-electron chi connectivity index (χ4n) is 1.04. The molecular weight excluding hydrogens is 160 g/mol. The molecule has 0 saturated carbocycles. The average molecular weight is 180 g/mol. The summed E-state index contributed by atoms with van der Waals surface area (Å²) >= 11 is 0. The Morgan fingerprint density at radius 2 is 1.85 bits per heavy atom. The molecule has 0 bridgehead atoms. The minimum atomic E-state index is -0.355. The number of aliphatic hydroxyl groups excluding tert-OH is 1. The second-order valence-corrected chi connectivity index (χ2v) is 3.25. The zero-order valence-electron chi connectivity index (χ0n) is 8.99. The van der Waals surface area contributed by atoms with Crippen LogP contribution in [0, 0.1) is 5.92 Å². The quantitative estimate of drug-likeness (QED) is 0.520. The van der Waals surface area contributed by atoms with Gasteiger partial charge in [-0.25, -0.2) is 0 Å². The van der Waals surface area contributed by atoms with E-state index in [1.54, 1.807) is 0 Å². The molecule has 0 aromatic rings. The summed E-state index contributed by atoms with van der Waals surface area (Å²) < 4.78 is 0. The molecule has 0 radical (unpaired) electrons. The fraction of sp³-hybridized carbons (Fsp3) is 0.500. The molecule has 2 atom stereocenters. The van der Waals surface area contributed by atoms with E-state index in [-0.39, 0.29) is 12.0 Å². The van der Waals surface area contributed by atoms with Crippen molar-refractivity contribution >= 4 is 0 Å². The van der Waals surface area contributed by atoms with E-state index in [1.165, 1.54) is 0 Å². The predicted octanol–water partition coefficient (Wildman–Crippen LogP) is 3.08. The lowest BCUT2D eigenvalue weighted by molar-refractivity contribution is 0.173. The summed E-state index contributed by atoms with van der Waals surface area (Å²) in [5, 5.41) is 9.74. The van der Waals surface area contributed by atoms with Crippen LogP contribution in [0.4, 0.5) is 0 Å². The molecule has 0 aliphatic rings. The molecule has 0 saturated heterocycles. The molecule has 0 amide bonds. The molecule has 0 heterocycles. The number of rotatable bonds is 4.